The van der Waals surface area contributed by atoms with Crippen LogP contribution in [0.15, 0.2) is 35.2 Å². The van der Waals surface area contributed by atoms with Crippen LogP contribution in [-0.2, 0) is 5.54 Å². The second-order valence-electron chi connectivity index (χ2n) is 7.12. The number of nitrogens with one attached hydrogen (secondary N) is 2. The largest absolute Gasteiger partial charge is 0.463 e. The maximum atomic E-state index is 10.7. The van der Waals surface area contributed by atoms with Gasteiger partial charge in [-0.05, 0) is 32.9 Å². The lowest BCUT2D eigenvalue weighted by molar-refractivity contribution is 0.201. The zero-order valence-electron chi connectivity index (χ0n) is 15.1. The summed E-state index contributed by atoms with van der Waals surface area (Å²) in [4.78, 5) is 8.32. The van der Waals surface area contributed by atoms with E-state index in [4.69, 9.17) is 10.2 Å². The average Bonchev–Trinajstić information content (AvgIpc) is 3.33. The van der Waals surface area contributed by atoms with Gasteiger partial charge in [0.1, 0.15) is 23.5 Å². The van der Waals surface area contributed by atoms with Gasteiger partial charge in [0.15, 0.2) is 23.5 Å². The molecular weight excluding hydrogens is 348 g/mol. The first-order valence-corrected chi connectivity index (χ1v) is 8.38. The molecule has 0 saturated carbocycles. The van der Waals surface area contributed by atoms with Crippen molar-refractivity contribution in [1.29, 1.82) is 0 Å². The first-order valence-electron chi connectivity index (χ1n) is 8.38. The van der Waals surface area contributed by atoms with E-state index < -0.39 is 6.23 Å². The third-order valence-electron chi connectivity index (χ3n) is 4.06. The van der Waals surface area contributed by atoms with Crippen LogP contribution in [-0.4, -0.2) is 35.1 Å². The lowest BCUT2D eigenvalue weighted by atomic mass is 10.1. The van der Waals surface area contributed by atoms with Gasteiger partial charge in [-0.1, -0.05) is 0 Å². The number of furan rings is 1. The maximum Gasteiger partial charge on any atom is 0.171 e. The lowest BCUT2D eigenvalue weighted by Crippen LogP contribution is -2.24. The summed E-state index contributed by atoms with van der Waals surface area (Å²) < 4.78 is 7.05. The molecule has 10 heteroatoms. The average molecular weight is 368 g/mol. The first-order chi connectivity index (χ1) is 12.8. The molecule has 0 radical (unpaired) electrons. The van der Waals surface area contributed by atoms with Gasteiger partial charge in [0.25, 0.3) is 0 Å². The van der Waals surface area contributed by atoms with Gasteiger partial charge in [0.2, 0.25) is 0 Å². The summed E-state index contributed by atoms with van der Waals surface area (Å²) in [5.41, 5.74) is 7.26. The second-order valence-corrected chi connectivity index (χ2v) is 7.12. The minimum absolute atomic E-state index is 0.254. The van der Waals surface area contributed by atoms with E-state index in [0.29, 0.717) is 34.0 Å². The van der Waals surface area contributed by atoms with Crippen molar-refractivity contribution < 1.29 is 9.52 Å². The van der Waals surface area contributed by atoms with Crippen LogP contribution < -0.4 is 11.1 Å². The topological polar surface area (TPSA) is 144 Å². The van der Waals surface area contributed by atoms with Crippen LogP contribution in [0.2, 0.25) is 0 Å². The van der Waals surface area contributed by atoms with Gasteiger partial charge >= 0.3 is 0 Å². The van der Waals surface area contributed by atoms with Crippen molar-refractivity contribution in [1.82, 2.24) is 29.9 Å². The molecule has 0 spiro atoms. The number of aromatic nitrogens is 6. The number of anilines is 2. The molecule has 0 aliphatic heterocycles. The number of fused-ring (bicyclic) bond motifs is 1. The second kappa shape index (κ2) is 6.09. The smallest absolute Gasteiger partial charge is 0.171 e. The molecule has 1 atom stereocenters. The van der Waals surface area contributed by atoms with E-state index >= 15 is 0 Å². The van der Waals surface area contributed by atoms with Gasteiger partial charge in [-0.25, -0.2) is 14.6 Å². The van der Waals surface area contributed by atoms with Crippen molar-refractivity contribution in [2.24, 2.45) is 0 Å². The third kappa shape index (κ3) is 2.99. The Morgan fingerprint density at radius 1 is 1.33 bits per heavy atom. The molecule has 4 heterocycles. The molecule has 0 amide bonds. The van der Waals surface area contributed by atoms with Crippen LogP contribution in [0.25, 0.3) is 22.5 Å². The van der Waals surface area contributed by atoms with Gasteiger partial charge in [0.05, 0.1) is 17.2 Å². The monoisotopic (exact) mass is 368 g/mol. The highest BCUT2D eigenvalue weighted by atomic mass is 16.3. The summed E-state index contributed by atoms with van der Waals surface area (Å²) in [6, 6.07) is 5.32. The summed E-state index contributed by atoms with van der Waals surface area (Å²) >= 11 is 0. The molecule has 27 heavy (non-hydrogen) atoms. The van der Waals surface area contributed by atoms with Crippen molar-refractivity contribution in [3.63, 3.8) is 0 Å². The Kier molecular flexibility index (Phi) is 3.84. The van der Waals surface area contributed by atoms with Crippen molar-refractivity contribution in [3.05, 3.63) is 36.5 Å². The van der Waals surface area contributed by atoms with Crippen molar-refractivity contribution in [2.75, 3.05) is 11.1 Å². The first kappa shape index (κ1) is 17.0. The summed E-state index contributed by atoms with van der Waals surface area (Å²) in [6.45, 7) is 5.97. The van der Waals surface area contributed by atoms with Gasteiger partial charge in [0, 0.05) is 6.07 Å². The number of aliphatic hydroxyl groups is 1. The molecule has 1 unspecified atom stereocenters. The highest BCUT2D eigenvalue weighted by Gasteiger charge is 2.26. The standard InChI is InChI=1S/C17H20N8O2/c1-17(2,3)25-15-12(14(18)19-8-20-15)13(24-25)16(26)21-11-7-9(22-23-11)10-5-4-6-27-10/h4-8,16,26H,1-3H3,(H2,18,19,20)(H2,21,22,23). The molecule has 0 bridgehead atoms. The molecule has 140 valence electrons. The highest BCUT2D eigenvalue weighted by Crippen LogP contribution is 2.30. The minimum atomic E-state index is -1.16. The summed E-state index contributed by atoms with van der Waals surface area (Å²) in [5.74, 6) is 1.33. The predicted octanol–water partition coefficient (Wildman–Crippen LogP) is 2.25. The van der Waals surface area contributed by atoms with Crippen LogP contribution in [0.1, 0.15) is 32.7 Å². The SMILES string of the molecule is CC(C)(C)n1nc(C(O)Nc2cc(-c3ccco3)[nH]n2)c2c(N)ncnc21. The molecule has 0 saturated heterocycles. The Bertz CT molecular complexity index is 1070. The normalized spacial score (nSPS) is 13.2. The van der Waals surface area contributed by atoms with Crippen LogP contribution in [0.3, 0.4) is 0 Å². The van der Waals surface area contributed by atoms with Crippen molar-refractivity contribution in [3.8, 4) is 11.5 Å². The number of nitrogen functional groups attached to an aromatic ring is 1. The molecule has 10 nitrogen and oxygen atoms in total. The Morgan fingerprint density at radius 2 is 2.15 bits per heavy atom. The van der Waals surface area contributed by atoms with Crippen molar-refractivity contribution in [2.45, 2.75) is 32.5 Å². The number of nitrogens with zero attached hydrogens (tertiary/aromatic N) is 5. The maximum absolute atomic E-state index is 10.7. The zero-order valence-corrected chi connectivity index (χ0v) is 15.1. The molecule has 5 N–H and O–H groups in total. The zero-order chi connectivity index (χ0) is 19.2. The fraction of sp³-hybridized carbons (Fsp3) is 0.294. The van der Waals surface area contributed by atoms with Crippen molar-refractivity contribution >= 4 is 22.7 Å². The van der Waals surface area contributed by atoms with E-state index in [0.717, 1.165) is 0 Å². The van der Waals surface area contributed by atoms with Crippen LogP contribution in [0, 0.1) is 0 Å². The molecule has 0 aromatic carbocycles. The molecule has 4 aromatic heterocycles. The predicted molar refractivity (Wildman–Crippen MR) is 99.6 cm³/mol. The molecule has 0 fully saturated rings. The molecular formula is C17H20N8O2. The molecule has 0 aliphatic rings. The number of aromatic amines is 1. The van der Waals surface area contributed by atoms with E-state index in [1.54, 1.807) is 23.1 Å². The Morgan fingerprint density at radius 3 is 2.85 bits per heavy atom. The van der Waals surface area contributed by atoms with Crippen LogP contribution in [0.4, 0.5) is 11.6 Å². The van der Waals surface area contributed by atoms with Crippen LogP contribution >= 0.6 is 0 Å². The number of rotatable bonds is 4. The quantitative estimate of drug-likeness (QED) is 0.402. The summed E-state index contributed by atoms with van der Waals surface area (Å²) in [5, 5.41) is 25.7. The molecule has 0 aliphatic carbocycles. The number of H-pyrrole nitrogens is 1. The van der Waals surface area contributed by atoms with Gasteiger partial charge in [-0.3, -0.25) is 5.10 Å². The van der Waals surface area contributed by atoms with Gasteiger partial charge < -0.3 is 20.6 Å². The fourth-order valence-electron chi connectivity index (χ4n) is 2.82. The van der Waals surface area contributed by atoms with Gasteiger partial charge in [-0.2, -0.15) is 10.2 Å². The summed E-state index contributed by atoms with van der Waals surface area (Å²) in [6.07, 6.45) is 1.80. The van der Waals surface area contributed by atoms with Gasteiger partial charge in [-0.15, -0.1) is 0 Å². The Balaban J connectivity index is 1.70. The fourth-order valence-corrected chi connectivity index (χ4v) is 2.82. The number of hydrogen-bond donors (Lipinski definition) is 4. The van der Waals surface area contributed by atoms with Crippen LogP contribution in [0.5, 0.6) is 0 Å². The Labute approximate surface area is 154 Å². The Hall–Kier alpha value is -3.40. The van der Waals surface area contributed by atoms with E-state index in [9.17, 15) is 5.11 Å². The number of nitrogens with two attached hydrogens (primary N) is 1. The summed E-state index contributed by atoms with van der Waals surface area (Å²) in [7, 11) is 0. The van der Waals surface area contributed by atoms with E-state index in [-0.39, 0.29) is 11.4 Å². The van der Waals surface area contributed by atoms with E-state index in [1.165, 1.54) is 6.33 Å². The van der Waals surface area contributed by atoms with E-state index in [1.807, 2.05) is 26.8 Å². The van der Waals surface area contributed by atoms with E-state index in [2.05, 4.69) is 30.6 Å². The lowest BCUT2D eigenvalue weighted by Gasteiger charge is -2.19. The third-order valence-corrected chi connectivity index (χ3v) is 4.06. The molecule has 4 rings (SSSR count). The number of aliphatic hydroxyl groups excluding tert-OH is 1. The number of hydrogen-bond acceptors (Lipinski definition) is 8. The minimum Gasteiger partial charge on any atom is -0.463 e. The highest BCUT2D eigenvalue weighted by molar-refractivity contribution is 5.88. The molecule has 4 aromatic rings.